The third kappa shape index (κ3) is 10.3. The minimum atomic E-state index is -1.07. The van der Waals surface area contributed by atoms with E-state index in [9.17, 15) is 19.2 Å². The highest BCUT2D eigenvalue weighted by molar-refractivity contribution is 5.89. The van der Waals surface area contributed by atoms with Crippen LogP contribution in [0.4, 0.5) is 0 Å². The van der Waals surface area contributed by atoms with Gasteiger partial charge in [0.25, 0.3) is 0 Å². The van der Waals surface area contributed by atoms with E-state index in [1.165, 1.54) is 32.4 Å². The fourth-order valence-electron chi connectivity index (χ4n) is 3.53. The van der Waals surface area contributed by atoms with E-state index in [2.05, 4.69) is 6.92 Å². The van der Waals surface area contributed by atoms with Crippen LogP contribution >= 0.6 is 0 Å². The Morgan fingerprint density at radius 3 is 1.97 bits per heavy atom. The summed E-state index contributed by atoms with van der Waals surface area (Å²) < 4.78 is 21.6. The van der Waals surface area contributed by atoms with Crippen LogP contribution < -0.4 is 0 Å². The molecule has 0 spiro atoms. The van der Waals surface area contributed by atoms with Crippen LogP contribution in [0, 0.1) is 11.8 Å². The lowest BCUT2D eigenvalue weighted by atomic mass is 9.91. The number of ether oxygens (including phenoxy) is 4. The average Bonchev–Trinajstić information content (AvgIpc) is 2.79. The van der Waals surface area contributed by atoms with Gasteiger partial charge in [0.2, 0.25) is 0 Å². The number of methoxy groups -OCH3 is 1. The molecule has 0 amide bonds. The molecule has 0 unspecified atom stereocenters. The molecule has 0 saturated carbocycles. The van der Waals surface area contributed by atoms with E-state index in [0.717, 1.165) is 19.3 Å². The Hall–Kier alpha value is -2.38. The maximum Gasteiger partial charge on any atom is 0.333 e. The van der Waals surface area contributed by atoms with E-state index in [1.807, 2.05) is 0 Å². The van der Waals surface area contributed by atoms with Crippen molar-refractivity contribution in [2.45, 2.75) is 111 Å². The lowest BCUT2D eigenvalue weighted by molar-refractivity contribution is -0.186. The molecule has 1 rings (SSSR count). The van der Waals surface area contributed by atoms with Crippen molar-refractivity contribution in [3.63, 3.8) is 0 Å². The lowest BCUT2D eigenvalue weighted by Gasteiger charge is -2.35. The molecule has 0 N–H and O–H groups in total. The lowest BCUT2D eigenvalue weighted by Crippen LogP contribution is -2.48. The fraction of sp³-hybridized carbons (Fsp3) is 0.769. The van der Waals surface area contributed by atoms with E-state index >= 15 is 0 Å². The fourth-order valence-corrected chi connectivity index (χ4v) is 3.53. The first-order valence-electron chi connectivity index (χ1n) is 12.5. The number of rotatable bonds is 14. The molecule has 0 aromatic rings. The quantitative estimate of drug-likeness (QED) is 0.200. The number of carbonyl (C=O) groups is 4. The van der Waals surface area contributed by atoms with Gasteiger partial charge in [0, 0.05) is 18.4 Å². The first-order valence-corrected chi connectivity index (χ1v) is 12.5. The second-order valence-corrected chi connectivity index (χ2v) is 9.40. The Balaban J connectivity index is 2.97. The number of unbranched alkanes of at least 4 members (excludes halogenated alkanes) is 6. The molecule has 194 valence electrons. The maximum absolute atomic E-state index is 12.6. The summed E-state index contributed by atoms with van der Waals surface area (Å²) in [4.78, 5) is 49.5. The highest BCUT2D eigenvalue weighted by atomic mass is 16.6. The van der Waals surface area contributed by atoms with Crippen molar-refractivity contribution in [3.8, 4) is 0 Å². The molecule has 0 saturated heterocycles. The molecular formula is C26H42O8. The molecule has 34 heavy (non-hydrogen) atoms. The Morgan fingerprint density at radius 1 is 0.853 bits per heavy atom. The molecule has 0 aromatic carbocycles. The highest BCUT2D eigenvalue weighted by Gasteiger charge is 2.43. The number of esters is 4. The zero-order chi connectivity index (χ0) is 25.7. The normalized spacial score (nSPS) is 20.0. The molecular weight excluding hydrogens is 440 g/mol. The van der Waals surface area contributed by atoms with Crippen molar-refractivity contribution in [2.24, 2.45) is 11.8 Å². The van der Waals surface area contributed by atoms with Crippen molar-refractivity contribution < 1.29 is 38.1 Å². The standard InChI is InChI=1S/C26H42O8/c1-7-8-9-10-11-12-13-14-22(27)34-23-20(32-24(28)17(2)3)15-19(26(30)31-6)16-21(23)33-25(29)18(4)5/h15,17-18,20-21,23H,7-14,16H2,1-6H3/t20-,21-,23-/m1/s1. The van der Waals surface area contributed by atoms with Crippen molar-refractivity contribution in [1.82, 2.24) is 0 Å². The first-order chi connectivity index (χ1) is 16.1. The van der Waals surface area contributed by atoms with Crippen LogP contribution in [0.3, 0.4) is 0 Å². The van der Waals surface area contributed by atoms with E-state index in [-0.39, 0.29) is 18.4 Å². The Kier molecular flexibility index (Phi) is 13.5. The summed E-state index contributed by atoms with van der Waals surface area (Å²) in [6.07, 6.45) is 5.97. The third-order valence-electron chi connectivity index (χ3n) is 5.64. The van der Waals surface area contributed by atoms with Crippen LogP contribution in [0.2, 0.25) is 0 Å². The van der Waals surface area contributed by atoms with Gasteiger partial charge in [0.1, 0.15) is 6.10 Å². The van der Waals surface area contributed by atoms with E-state index in [1.54, 1.807) is 27.7 Å². The van der Waals surface area contributed by atoms with Crippen LogP contribution in [0.1, 0.15) is 92.4 Å². The summed E-state index contributed by atoms with van der Waals surface area (Å²) in [5.41, 5.74) is 0.199. The molecule has 0 fully saturated rings. The summed E-state index contributed by atoms with van der Waals surface area (Å²) in [6, 6.07) is 0. The van der Waals surface area contributed by atoms with Gasteiger partial charge in [-0.2, -0.15) is 0 Å². The van der Waals surface area contributed by atoms with Crippen LogP contribution in [-0.4, -0.2) is 49.3 Å². The van der Waals surface area contributed by atoms with Gasteiger partial charge in [-0.05, 0) is 12.5 Å². The summed E-state index contributed by atoms with van der Waals surface area (Å²) in [7, 11) is 1.24. The van der Waals surface area contributed by atoms with Crippen LogP contribution in [0.5, 0.6) is 0 Å². The van der Waals surface area contributed by atoms with E-state index in [4.69, 9.17) is 18.9 Å². The number of hydrogen-bond acceptors (Lipinski definition) is 8. The van der Waals surface area contributed by atoms with Crippen molar-refractivity contribution in [3.05, 3.63) is 11.6 Å². The minimum Gasteiger partial charge on any atom is -0.466 e. The largest absolute Gasteiger partial charge is 0.466 e. The van der Waals surface area contributed by atoms with Gasteiger partial charge < -0.3 is 18.9 Å². The second-order valence-electron chi connectivity index (χ2n) is 9.40. The predicted octanol–water partition coefficient (Wildman–Crippen LogP) is 4.68. The second kappa shape index (κ2) is 15.5. The van der Waals surface area contributed by atoms with Gasteiger partial charge in [0.05, 0.1) is 18.9 Å². The van der Waals surface area contributed by atoms with E-state index in [0.29, 0.717) is 6.42 Å². The van der Waals surface area contributed by atoms with Gasteiger partial charge in [-0.25, -0.2) is 4.79 Å². The van der Waals surface area contributed by atoms with Gasteiger partial charge >= 0.3 is 23.9 Å². The molecule has 3 atom stereocenters. The molecule has 0 aromatic heterocycles. The molecule has 1 aliphatic rings. The predicted molar refractivity (Wildman–Crippen MR) is 127 cm³/mol. The summed E-state index contributed by atoms with van der Waals surface area (Å²) in [5.74, 6) is -2.95. The summed E-state index contributed by atoms with van der Waals surface area (Å²) in [5, 5.41) is 0. The van der Waals surface area contributed by atoms with Gasteiger partial charge in [-0.3, -0.25) is 14.4 Å². The smallest absolute Gasteiger partial charge is 0.333 e. The molecule has 1 aliphatic carbocycles. The monoisotopic (exact) mass is 482 g/mol. The number of carbonyl (C=O) groups excluding carboxylic acids is 4. The molecule has 0 bridgehead atoms. The molecule has 0 aliphatic heterocycles. The Labute approximate surface area is 203 Å². The van der Waals surface area contributed by atoms with Gasteiger partial charge in [-0.1, -0.05) is 73.1 Å². The summed E-state index contributed by atoms with van der Waals surface area (Å²) >= 11 is 0. The van der Waals surface area contributed by atoms with Crippen LogP contribution in [-0.2, 0) is 38.1 Å². The van der Waals surface area contributed by atoms with E-state index < -0.39 is 54.0 Å². The zero-order valence-electron chi connectivity index (χ0n) is 21.6. The van der Waals surface area contributed by atoms with Crippen LogP contribution in [0.25, 0.3) is 0 Å². The Morgan fingerprint density at radius 2 is 1.41 bits per heavy atom. The topological polar surface area (TPSA) is 105 Å². The molecule has 8 nitrogen and oxygen atoms in total. The molecule has 0 radical (unpaired) electrons. The third-order valence-corrected chi connectivity index (χ3v) is 5.64. The molecule has 0 heterocycles. The summed E-state index contributed by atoms with van der Waals surface area (Å²) in [6.45, 7) is 8.88. The van der Waals surface area contributed by atoms with Gasteiger partial charge in [0.15, 0.2) is 12.2 Å². The van der Waals surface area contributed by atoms with Crippen molar-refractivity contribution in [1.29, 1.82) is 0 Å². The minimum absolute atomic E-state index is 0.00373. The highest BCUT2D eigenvalue weighted by Crippen LogP contribution is 2.29. The molecule has 8 heteroatoms. The first kappa shape index (κ1) is 29.7. The number of hydrogen-bond donors (Lipinski definition) is 0. The zero-order valence-corrected chi connectivity index (χ0v) is 21.6. The van der Waals surface area contributed by atoms with Crippen molar-refractivity contribution in [2.75, 3.05) is 7.11 Å². The van der Waals surface area contributed by atoms with Crippen LogP contribution in [0.15, 0.2) is 11.6 Å². The average molecular weight is 483 g/mol. The van der Waals surface area contributed by atoms with Crippen molar-refractivity contribution >= 4 is 23.9 Å². The van der Waals surface area contributed by atoms with Gasteiger partial charge in [-0.15, -0.1) is 0 Å². The maximum atomic E-state index is 12.6. The Bertz CT molecular complexity index is 710. The SMILES string of the molecule is CCCCCCCCCC(=O)O[C@@H]1[C@H](OC(=O)C(C)C)C=C(C(=O)OC)C[C@H]1OC(=O)C(C)C.